The number of likely N-dealkylation sites (N-methyl/N-ethyl adjacent to an activating group) is 1. The van der Waals surface area contributed by atoms with Crippen molar-refractivity contribution in [1.82, 2.24) is 14.7 Å². The van der Waals surface area contributed by atoms with Crippen LogP contribution in [0.25, 0.3) is 0 Å². The number of likely N-dealkylation sites (tertiary alicyclic amines) is 1. The standard InChI is InChI=1S/C30H41N3O5/c1-8-17-31(7)25(35)22-23-26(36)33(21(19-34)20-13-11-10-12-14-20)24(30(23)16-15-29(22,6)38-30)27(37)32(18-9-2)28(3,4)5/h8-14,21-24,34H,1-2,15-19H2,3-7H3/t21-,22+,23+,24?,29-,30?/m1/s1. The first-order valence-electron chi connectivity index (χ1n) is 13.3. The summed E-state index contributed by atoms with van der Waals surface area (Å²) in [5, 5.41) is 10.6. The monoisotopic (exact) mass is 523 g/mol. The molecular weight excluding hydrogens is 482 g/mol. The van der Waals surface area contributed by atoms with Crippen LogP contribution in [0.3, 0.4) is 0 Å². The van der Waals surface area contributed by atoms with Gasteiger partial charge in [-0.2, -0.15) is 0 Å². The number of aliphatic hydroxyl groups is 1. The van der Waals surface area contributed by atoms with E-state index < -0.39 is 40.7 Å². The van der Waals surface area contributed by atoms with Crippen molar-refractivity contribution in [2.45, 2.75) is 69.4 Å². The third-order valence-corrected chi connectivity index (χ3v) is 8.57. The van der Waals surface area contributed by atoms with Gasteiger partial charge in [-0.25, -0.2) is 0 Å². The molecule has 206 valence electrons. The first-order valence-corrected chi connectivity index (χ1v) is 13.3. The number of aliphatic hydroxyl groups excluding tert-OH is 1. The fourth-order valence-electron chi connectivity index (χ4n) is 6.88. The molecule has 3 aliphatic rings. The number of hydrogen-bond acceptors (Lipinski definition) is 5. The predicted molar refractivity (Wildman–Crippen MR) is 145 cm³/mol. The highest BCUT2D eigenvalue weighted by Crippen LogP contribution is 2.64. The molecule has 0 aromatic heterocycles. The van der Waals surface area contributed by atoms with Crippen LogP contribution in [0.4, 0.5) is 0 Å². The average molecular weight is 524 g/mol. The Morgan fingerprint density at radius 3 is 2.34 bits per heavy atom. The lowest BCUT2D eigenvalue weighted by molar-refractivity contribution is -0.159. The van der Waals surface area contributed by atoms with Crippen molar-refractivity contribution < 1.29 is 24.2 Å². The van der Waals surface area contributed by atoms with Gasteiger partial charge < -0.3 is 24.5 Å². The molecule has 1 aromatic rings. The normalized spacial score (nSPS) is 30.6. The summed E-state index contributed by atoms with van der Waals surface area (Å²) in [6, 6.07) is 7.46. The Morgan fingerprint density at radius 2 is 1.79 bits per heavy atom. The smallest absolute Gasteiger partial charge is 0.249 e. The topological polar surface area (TPSA) is 90.4 Å². The van der Waals surface area contributed by atoms with E-state index >= 15 is 0 Å². The molecule has 3 heterocycles. The Hall–Kier alpha value is -2.97. The van der Waals surface area contributed by atoms with E-state index in [1.54, 1.807) is 29.0 Å². The molecule has 4 rings (SSSR count). The van der Waals surface area contributed by atoms with Gasteiger partial charge in [0.05, 0.1) is 30.1 Å². The maximum Gasteiger partial charge on any atom is 0.249 e. The van der Waals surface area contributed by atoms with Gasteiger partial charge in [-0.05, 0) is 46.1 Å². The van der Waals surface area contributed by atoms with Crippen molar-refractivity contribution in [1.29, 1.82) is 0 Å². The molecule has 2 unspecified atom stereocenters. The van der Waals surface area contributed by atoms with Crippen LogP contribution in [0.2, 0.25) is 0 Å². The first kappa shape index (κ1) is 28.0. The molecule has 3 aliphatic heterocycles. The molecular formula is C30H41N3O5. The van der Waals surface area contributed by atoms with Gasteiger partial charge in [0.1, 0.15) is 11.6 Å². The Labute approximate surface area is 225 Å². The van der Waals surface area contributed by atoms with Crippen molar-refractivity contribution in [3.8, 4) is 0 Å². The van der Waals surface area contributed by atoms with Crippen molar-refractivity contribution in [3.63, 3.8) is 0 Å². The molecule has 0 saturated carbocycles. The molecule has 0 radical (unpaired) electrons. The molecule has 3 fully saturated rings. The van der Waals surface area contributed by atoms with Crippen molar-refractivity contribution >= 4 is 17.7 Å². The zero-order valence-corrected chi connectivity index (χ0v) is 23.2. The van der Waals surface area contributed by atoms with Gasteiger partial charge >= 0.3 is 0 Å². The van der Waals surface area contributed by atoms with E-state index in [2.05, 4.69) is 13.2 Å². The second-order valence-corrected chi connectivity index (χ2v) is 12.0. The number of ether oxygens (including phenoxy) is 1. The lowest BCUT2D eigenvalue weighted by Crippen LogP contribution is -2.60. The summed E-state index contributed by atoms with van der Waals surface area (Å²) in [4.78, 5) is 47.6. The lowest BCUT2D eigenvalue weighted by Gasteiger charge is -2.43. The molecule has 3 amide bonds. The predicted octanol–water partition coefficient (Wildman–Crippen LogP) is 2.94. The van der Waals surface area contributed by atoms with Crippen LogP contribution in [0.1, 0.15) is 52.1 Å². The third-order valence-electron chi connectivity index (χ3n) is 8.57. The van der Waals surface area contributed by atoms with Crippen LogP contribution < -0.4 is 0 Å². The summed E-state index contributed by atoms with van der Waals surface area (Å²) in [5.74, 6) is -2.36. The fraction of sp³-hybridized carbons (Fsp3) is 0.567. The third kappa shape index (κ3) is 4.18. The zero-order chi connectivity index (χ0) is 28.0. The number of carbonyl (C=O) groups is 3. The second kappa shape index (κ2) is 9.97. The van der Waals surface area contributed by atoms with Crippen LogP contribution in [-0.4, -0.2) is 87.1 Å². The highest BCUT2D eigenvalue weighted by Gasteiger charge is 2.79. The molecule has 8 nitrogen and oxygen atoms in total. The number of benzene rings is 1. The van der Waals surface area contributed by atoms with Gasteiger partial charge in [-0.3, -0.25) is 14.4 Å². The number of fused-ring (bicyclic) bond motifs is 1. The molecule has 1 N–H and O–H groups in total. The van der Waals surface area contributed by atoms with Crippen molar-refractivity contribution in [2.75, 3.05) is 26.7 Å². The quantitative estimate of drug-likeness (QED) is 0.503. The number of rotatable bonds is 9. The Balaban J connectivity index is 1.89. The summed E-state index contributed by atoms with van der Waals surface area (Å²) in [6.45, 7) is 15.6. The number of nitrogens with zero attached hydrogens (tertiary/aromatic N) is 3. The van der Waals surface area contributed by atoms with Crippen molar-refractivity contribution in [3.05, 3.63) is 61.2 Å². The van der Waals surface area contributed by atoms with Crippen LogP contribution in [0, 0.1) is 11.8 Å². The van der Waals surface area contributed by atoms with E-state index in [0.717, 1.165) is 5.56 Å². The van der Waals surface area contributed by atoms with Crippen LogP contribution in [0.5, 0.6) is 0 Å². The van der Waals surface area contributed by atoms with Gasteiger partial charge in [0.15, 0.2) is 0 Å². The van der Waals surface area contributed by atoms with Gasteiger partial charge in [0.2, 0.25) is 17.7 Å². The summed E-state index contributed by atoms with van der Waals surface area (Å²) in [5.41, 5.74) is -1.89. The molecule has 38 heavy (non-hydrogen) atoms. The minimum Gasteiger partial charge on any atom is -0.394 e. The Bertz CT molecular complexity index is 1110. The fourth-order valence-corrected chi connectivity index (χ4v) is 6.88. The van der Waals surface area contributed by atoms with E-state index in [1.807, 2.05) is 58.0 Å². The van der Waals surface area contributed by atoms with Crippen molar-refractivity contribution in [2.24, 2.45) is 11.8 Å². The van der Waals surface area contributed by atoms with E-state index in [0.29, 0.717) is 25.9 Å². The maximum atomic E-state index is 14.5. The summed E-state index contributed by atoms with van der Waals surface area (Å²) < 4.78 is 6.75. The first-order chi connectivity index (χ1) is 17.9. The second-order valence-electron chi connectivity index (χ2n) is 12.0. The van der Waals surface area contributed by atoms with Crippen LogP contribution in [-0.2, 0) is 19.1 Å². The molecule has 3 saturated heterocycles. The lowest BCUT2D eigenvalue weighted by atomic mass is 9.66. The van der Waals surface area contributed by atoms with Gasteiger partial charge in [0, 0.05) is 25.7 Å². The Kier molecular flexibility index (Phi) is 7.36. The Morgan fingerprint density at radius 1 is 1.16 bits per heavy atom. The highest BCUT2D eigenvalue weighted by atomic mass is 16.5. The van der Waals surface area contributed by atoms with Gasteiger partial charge in [0.25, 0.3) is 0 Å². The molecule has 8 heteroatoms. The minimum absolute atomic E-state index is 0.195. The van der Waals surface area contributed by atoms with Gasteiger partial charge in [-0.15, -0.1) is 13.2 Å². The summed E-state index contributed by atoms with van der Waals surface area (Å²) in [6.07, 6.45) is 4.34. The molecule has 1 aromatic carbocycles. The largest absolute Gasteiger partial charge is 0.394 e. The molecule has 1 spiro atoms. The number of amides is 3. The zero-order valence-electron chi connectivity index (χ0n) is 23.2. The minimum atomic E-state index is -1.18. The van der Waals surface area contributed by atoms with E-state index in [-0.39, 0.29) is 24.3 Å². The van der Waals surface area contributed by atoms with E-state index in [9.17, 15) is 19.5 Å². The highest BCUT2D eigenvalue weighted by molar-refractivity contribution is 5.99. The maximum absolute atomic E-state index is 14.5. The molecule has 2 bridgehead atoms. The van der Waals surface area contributed by atoms with Gasteiger partial charge in [-0.1, -0.05) is 42.5 Å². The van der Waals surface area contributed by atoms with Crippen LogP contribution >= 0.6 is 0 Å². The SMILES string of the molecule is C=CCN(C)C(=O)[C@@H]1[C@H]2C(=O)N([C@H](CO)c3ccccc3)C(C(=O)N(CC=C)C(C)(C)C)C23CC[C@@]1(C)O3. The van der Waals surface area contributed by atoms with E-state index in [4.69, 9.17) is 4.74 Å². The number of carbonyl (C=O) groups excluding carboxylic acids is 3. The molecule has 0 aliphatic carbocycles. The van der Waals surface area contributed by atoms with Crippen LogP contribution in [0.15, 0.2) is 55.6 Å². The number of hydrogen-bond donors (Lipinski definition) is 1. The summed E-state index contributed by atoms with van der Waals surface area (Å²) >= 11 is 0. The summed E-state index contributed by atoms with van der Waals surface area (Å²) in [7, 11) is 1.69. The average Bonchev–Trinajstić information content (AvgIpc) is 3.43. The molecule has 6 atom stereocenters. The van der Waals surface area contributed by atoms with E-state index in [1.165, 1.54) is 4.90 Å².